The number of hydrogen-bond acceptors (Lipinski definition) is 4. The van der Waals surface area contributed by atoms with Crippen LogP contribution in [-0.2, 0) is 4.74 Å². The second-order valence-electron chi connectivity index (χ2n) is 6.25. The quantitative estimate of drug-likeness (QED) is 0.900. The number of aromatic hydroxyl groups is 1. The smallest absolute Gasteiger partial charge is 0.410 e. The predicted molar refractivity (Wildman–Crippen MR) is 84.8 cm³/mol. The molecule has 0 radical (unpaired) electrons. The molecule has 1 aromatic rings. The third-order valence-electron chi connectivity index (χ3n) is 3.25. The number of benzene rings is 1. The molecule has 4 nitrogen and oxygen atoms in total. The van der Waals surface area contributed by atoms with Gasteiger partial charge in [-0.25, -0.2) is 4.79 Å². The maximum Gasteiger partial charge on any atom is 0.410 e. The summed E-state index contributed by atoms with van der Waals surface area (Å²) in [5.74, 6) is 0.331. The van der Waals surface area contributed by atoms with Gasteiger partial charge in [-0.05, 0) is 45.7 Å². The number of rotatable bonds is 2. The summed E-state index contributed by atoms with van der Waals surface area (Å²) in [6.07, 6.45) is 1.60. The number of nitrogens with zero attached hydrogens (tertiary/aromatic N) is 1. The number of carbonyl (C=O) groups excluding carboxylic acids is 1. The highest BCUT2D eigenvalue weighted by Crippen LogP contribution is 2.35. The number of phenolic OH excluding ortho intramolecular Hbond substituents is 1. The summed E-state index contributed by atoms with van der Waals surface area (Å²) < 4.78 is 5.39. The number of phenols is 1. The fourth-order valence-corrected chi connectivity index (χ4v) is 3.37. The molecule has 0 bridgehead atoms. The van der Waals surface area contributed by atoms with Crippen molar-refractivity contribution in [3.8, 4) is 5.75 Å². The Kier molecular flexibility index (Phi) is 5.04. The monoisotopic (exact) mass is 309 g/mol. The summed E-state index contributed by atoms with van der Waals surface area (Å²) in [6.45, 7) is 7.06. The lowest BCUT2D eigenvalue weighted by Gasteiger charge is -2.33. The number of amides is 1. The second-order valence-corrected chi connectivity index (χ2v) is 7.59. The van der Waals surface area contributed by atoms with E-state index < -0.39 is 5.60 Å². The second kappa shape index (κ2) is 6.60. The van der Waals surface area contributed by atoms with Crippen LogP contribution in [0.25, 0.3) is 0 Å². The number of ether oxygens (including phenoxy) is 1. The van der Waals surface area contributed by atoms with Crippen molar-refractivity contribution >= 4 is 17.9 Å². The van der Waals surface area contributed by atoms with E-state index in [1.165, 1.54) is 0 Å². The highest BCUT2D eigenvalue weighted by atomic mass is 32.2. The van der Waals surface area contributed by atoms with Crippen molar-refractivity contribution < 1.29 is 14.6 Å². The highest BCUT2D eigenvalue weighted by molar-refractivity contribution is 8.00. The van der Waals surface area contributed by atoms with Crippen molar-refractivity contribution in [3.63, 3.8) is 0 Å². The predicted octanol–water partition coefficient (Wildman–Crippen LogP) is 3.88. The molecule has 1 aliphatic heterocycles. The van der Waals surface area contributed by atoms with Crippen molar-refractivity contribution in [2.75, 3.05) is 13.1 Å². The molecule has 1 N–H and O–H groups in total. The molecule has 1 amide bonds. The van der Waals surface area contributed by atoms with Gasteiger partial charge in [-0.15, -0.1) is 11.8 Å². The third kappa shape index (κ3) is 4.84. The lowest BCUT2D eigenvalue weighted by atomic mass is 10.1. The van der Waals surface area contributed by atoms with E-state index in [-0.39, 0.29) is 6.09 Å². The number of likely N-dealkylation sites (tertiary alicyclic amines) is 1. The largest absolute Gasteiger partial charge is 0.507 e. The van der Waals surface area contributed by atoms with Crippen molar-refractivity contribution in [2.24, 2.45) is 0 Å². The van der Waals surface area contributed by atoms with E-state index in [1.54, 1.807) is 22.7 Å². The SMILES string of the molecule is CC(C)(C)OC(=O)N1CCC(Sc2ccccc2O)CC1. The molecule has 0 unspecified atom stereocenters. The van der Waals surface area contributed by atoms with E-state index >= 15 is 0 Å². The van der Waals surface area contributed by atoms with Gasteiger partial charge in [0.25, 0.3) is 0 Å². The molecule has 1 aromatic carbocycles. The Bertz CT molecular complexity index is 491. The molecular weight excluding hydrogens is 286 g/mol. The van der Waals surface area contributed by atoms with Gasteiger partial charge in [0.15, 0.2) is 0 Å². The normalized spacial score (nSPS) is 16.8. The van der Waals surface area contributed by atoms with Crippen LogP contribution in [0.5, 0.6) is 5.75 Å². The van der Waals surface area contributed by atoms with Crippen LogP contribution in [0.2, 0.25) is 0 Å². The van der Waals surface area contributed by atoms with Crippen molar-refractivity contribution in [1.82, 2.24) is 4.90 Å². The van der Waals surface area contributed by atoms with Crippen LogP contribution in [0.15, 0.2) is 29.2 Å². The summed E-state index contributed by atoms with van der Waals surface area (Å²) in [6, 6.07) is 7.39. The van der Waals surface area contributed by atoms with Crippen LogP contribution >= 0.6 is 11.8 Å². The van der Waals surface area contributed by atoms with Gasteiger partial charge in [0.2, 0.25) is 0 Å². The fourth-order valence-electron chi connectivity index (χ4n) is 2.22. The van der Waals surface area contributed by atoms with Gasteiger partial charge in [-0.2, -0.15) is 0 Å². The van der Waals surface area contributed by atoms with E-state index in [2.05, 4.69) is 0 Å². The van der Waals surface area contributed by atoms with Crippen LogP contribution in [-0.4, -0.2) is 40.0 Å². The number of carbonyl (C=O) groups is 1. The zero-order valence-electron chi connectivity index (χ0n) is 12.8. The van der Waals surface area contributed by atoms with E-state index in [9.17, 15) is 9.90 Å². The zero-order chi connectivity index (χ0) is 15.5. The van der Waals surface area contributed by atoms with Gasteiger partial charge in [-0.3, -0.25) is 0 Å². The Hall–Kier alpha value is -1.36. The topological polar surface area (TPSA) is 49.8 Å². The summed E-state index contributed by atoms with van der Waals surface area (Å²) in [7, 11) is 0. The molecule has 1 saturated heterocycles. The molecule has 1 fully saturated rings. The third-order valence-corrected chi connectivity index (χ3v) is 4.66. The Labute approximate surface area is 130 Å². The Morgan fingerprint density at radius 3 is 2.48 bits per heavy atom. The van der Waals surface area contributed by atoms with E-state index in [4.69, 9.17) is 4.74 Å². The van der Waals surface area contributed by atoms with E-state index in [1.807, 2.05) is 39.0 Å². The van der Waals surface area contributed by atoms with Crippen molar-refractivity contribution in [3.05, 3.63) is 24.3 Å². The molecule has 5 heteroatoms. The number of piperidine rings is 1. The standard InChI is InChI=1S/C16H23NO3S/c1-16(2,3)20-15(19)17-10-8-12(9-11-17)21-14-7-5-4-6-13(14)18/h4-7,12,18H,8-11H2,1-3H3. The molecule has 0 saturated carbocycles. The van der Waals surface area contributed by atoms with Crippen LogP contribution in [0, 0.1) is 0 Å². The van der Waals surface area contributed by atoms with Gasteiger partial charge < -0.3 is 14.7 Å². The van der Waals surface area contributed by atoms with Crippen LogP contribution in [0.1, 0.15) is 33.6 Å². The van der Waals surface area contributed by atoms with Gasteiger partial charge in [0, 0.05) is 23.2 Å². The summed E-state index contributed by atoms with van der Waals surface area (Å²) in [5, 5.41) is 10.2. The van der Waals surface area contributed by atoms with E-state index in [0.717, 1.165) is 17.7 Å². The van der Waals surface area contributed by atoms with Crippen molar-refractivity contribution in [2.45, 2.75) is 49.4 Å². The Morgan fingerprint density at radius 2 is 1.90 bits per heavy atom. The Balaban J connectivity index is 1.83. The molecule has 2 rings (SSSR count). The average Bonchev–Trinajstić information content (AvgIpc) is 2.40. The van der Waals surface area contributed by atoms with Gasteiger partial charge in [0.1, 0.15) is 11.4 Å². The van der Waals surface area contributed by atoms with Crippen LogP contribution in [0.3, 0.4) is 0 Å². The molecular formula is C16H23NO3S. The van der Waals surface area contributed by atoms with Gasteiger partial charge in [-0.1, -0.05) is 12.1 Å². The number of hydrogen-bond donors (Lipinski definition) is 1. The van der Waals surface area contributed by atoms with Crippen LogP contribution in [0.4, 0.5) is 4.79 Å². The molecule has 0 spiro atoms. The maximum atomic E-state index is 12.0. The molecule has 1 heterocycles. The number of para-hydroxylation sites is 1. The van der Waals surface area contributed by atoms with Crippen LogP contribution < -0.4 is 0 Å². The van der Waals surface area contributed by atoms with E-state index in [0.29, 0.717) is 24.1 Å². The highest BCUT2D eigenvalue weighted by Gasteiger charge is 2.27. The first-order valence-corrected chi connectivity index (χ1v) is 8.16. The molecule has 0 aromatic heterocycles. The lowest BCUT2D eigenvalue weighted by molar-refractivity contribution is 0.0219. The summed E-state index contributed by atoms with van der Waals surface area (Å²) in [4.78, 5) is 14.7. The first kappa shape index (κ1) is 16.0. The minimum Gasteiger partial charge on any atom is -0.507 e. The Morgan fingerprint density at radius 1 is 1.29 bits per heavy atom. The van der Waals surface area contributed by atoms with Gasteiger partial charge in [0.05, 0.1) is 0 Å². The first-order valence-electron chi connectivity index (χ1n) is 7.28. The zero-order valence-corrected chi connectivity index (χ0v) is 13.7. The summed E-state index contributed by atoms with van der Waals surface area (Å²) >= 11 is 1.69. The average molecular weight is 309 g/mol. The maximum absolute atomic E-state index is 12.0. The minimum absolute atomic E-state index is 0.228. The summed E-state index contributed by atoms with van der Waals surface area (Å²) in [5.41, 5.74) is -0.446. The minimum atomic E-state index is -0.446. The molecule has 21 heavy (non-hydrogen) atoms. The van der Waals surface area contributed by atoms with Crippen molar-refractivity contribution in [1.29, 1.82) is 0 Å². The fraction of sp³-hybridized carbons (Fsp3) is 0.562. The molecule has 116 valence electrons. The van der Waals surface area contributed by atoms with Gasteiger partial charge >= 0.3 is 6.09 Å². The molecule has 0 aliphatic carbocycles. The molecule has 0 atom stereocenters. The number of thioether (sulfide) groups is 1. The lowest BCUT2D eigenvalue weighted by Crippen LogP contribution is -2.42. The molecule has 1 aliphatic rings. The first-order chi connectivity index (χ1) is 9.85.